The SMILES string of the molecule is CCOC(=O)c1c(C)[nH]c(C)c1S(=O)(=O)N(C)CC(=O)N[C@@H]1CCCc2ccccc21. The van der Waals surface area contributed by atoms with Crippen molar-refractivity contribution in [2.24, 2.45) is 0 Å². The third kappa shape index (κ3) is 4.67. The fraction of sp³-hybridized carbons (Fsp3) is 0.455. The van der Waals surface area contributed by atoms with Crippen molar-refractivity contribution in [3.8, 4) is 0 Å². The molecule has 0 aliphatic heterocycles. The Balaban J connectivity index is 1.79. The molecule has 8 nitrogen and oxygen atoms in total. The van der Waals surface area contributed by atoms with Gasteiger partial charge in [0.05, 0.1) is 19.2 Å². The highest BCUT2D eigenvalue weighted by molar-refractivity contribution is 7.89. The number of fused-ring (bicyclic) bond motifs is 1. The van der Waals surface area contributed by atoms with E-state index < -0.39 is 21.9 Å². The van der Waals surface area contributed by atoms with Crippen LogP contribution >= 0.6 is 0 Å². The van der Waals surface area contributed by atoms with Crippen molar-refractivity contribution < 1.29 is 22.7 Å². The molecule has 0 saturated heterocycles. The summed E-state index contributed by atoms with van der Waals surface area (Å²) in [7, 11) is -2.77. The Morgan fingerprint density at radius 3 is 2.65 bits per heavy atom. The minimum atomic E-state index is -4.10. The van der Waals surface area contributed by atoms with Crippen molar-refractivity contribution in [2.75, 3.05) is 20.2 Å². The van der Waals surface area contributed by atoms with Crippen LogP contribution in [0, 0.1) is 13.8 Å². The van der Waals surface area contributed by atoms with E-state index in [1.54, 1.807) is 20.8 Å². The molecule has 0 bridgehead atoms. The van der Waals surface area contributed by atoms with Gasteiger partial charge in [0.15, 0.2) is 0 Å². The maximum Gasteiger partial charge on any atom is 0.341 e. The van der Waals surface area contributed by atoms with Gasteiger partial charge in [-0.3, -0.25) is 4.79 Å². The van der Waals surface area contributed by atoms with E-state index in [-0.39, 0.29) is 29.7 Å². The van der Waals surface area contributed by atoms with Crippen LogP contribution in [0.15, 0.2) is 29.2 Å². The first kappa shape index (κ1) is 23.0. The predicted octanol–water partition coefficient (Wildman–Crippen LogP) is 2.62. The summed E-state index contributed by atoms with van der Waals surface area (Å²) in [6.45, 7) is 4.62. The molecule has 0 fully saturated rings. The van der Waals surface area contributed by atoms with Gasteiger partial charge in [-0.25, -0.2) is 13.2 Å². The van der Waals surface area contributed by atoms with Gasteiger partial charge in [-0.05, 0) is 51.2 Å². The molecule has 9 heteroatoms. The lowest BCUT2D eigenvalue weighted by atomic mass is 9.88. The van der Waals surface area contributed by atoms with E-state index in [2.05, 4.69) is 16.4 Å². The Hall–Kier alpha value is -2.65. The molecule has 1 aliphatic rings. The molecule has 168 valence electrons. The number of nitrogens with zero attached hydrogens (tertiary/aromatic N) is 1. The Morgan fingerprint density at radius 2 is 1.94 bits per heavy atom. The Bertz CT molecular complexity index is 1090. The summed E-state index contributed by atoms with van der Waals surface area (Å²) in [6.07, 6.45) is 2.74. The number of aromatic nitrogens is 1. The van der Waals surface area contributed by atoms with Gasteiger partial charge in [0.25, 0.3) is 0 Å². The van der Waals surface area contributed by atoms with Crippen LogP contribution in [0.25, 0.3) is 0 Å². The minimum Gasteiger partial charge on any atom is -0.462 e. The summed E-state index contributed by atoms with van der Waals surface area (Å²) < 4.78 is 32.5. The van der Waals surface area contributed by atoms with E-state index in [9.17, 15) is 18.0 Å². The van der Waals surface area contributed by atoms with Crippen molar-refractivity contribution in [3.05, 3.63) is 52.3 Å². The molecule has 1 aromatic carbocycles. The monoisotopic (exact) mass is 447 g/mol. The van der Waals surface area contributed by atoms with Crippen molar-refractivity contribution in [2.45, 2.75) is 51.0 Å². The molecule has 0 spiro atoms. The van der Waals surface area contributed by atoms with Crippen molar-refractivity contribution in [1.82, 2.24) is 14.6 Å². The smallest absolute Gasteiger partial charge is 0.341 e. The van der Waals surface area contributed by atoms with Crippen LogP contribution in [-0.4, -0.2) is 49.8 Å². The number of H-pyrrole nitrogens is 1. The van der Waals surface area contributed by atoms with Crippen LogP contribution in [0.1, 0.15) is 58.7 Å². The first-order valence-electron chi connectivity index (χ1n) is 10.4. The van der Waals surface area contributed by atoms with Crippen LogP contribution in [0.2, 0.25) is 0 Å². The lowest BCUT2D eigenvalue weighted by Crippen LogP contribution is -2.40. The zero-order chi connectivity index (χ0) is 22.8. The number of rotatable bonds is 7. The third-order valence-corrected chi connectivity index (χ3v) is 7.51. The van der Waals surface area contributed by atoms with E-state index in [0.29, 0.717) is 11.4 Å². The molecule has 1 heterocycles. The number of hydrogen-bond donors (Lipinski definition) is 2. The van der Waals surface area contributed by atoms with Crippen molar-refractivity contribution in [3.63, 3.8) is 0 Å². The Kier molecular flexibility index (Phi) is 6.86. The largest absolute Gasteiger partial charge is 0.462 e. The van der Waals surface area contributed by atoms with E-state index >= 15 is 0 Å². The van der Waals surface area contributed by atoms with E-state index in [4.69, 9.17) is 4.74 Å². The molecular formula is C22H29N3O5S. The second-order valence-corrected chi connectivity index (χ2v) is 9.75. The van der Waals surface area contributed by atoms with Gasteiger partial charge in [0, 0.05) is 18.4 Å². The zero-order valence-corrected chi connectivity index (χ0v) is 19.1. The number of nitrogens with one attached hydrogen (secondary N) is 2. The molecule has 0 saturated carbocycles. The van der Waals surface area contributed by atoms with E-state index in [1.807, 2.05) is 18.2 Å². The van der Waals surface area contributed by atoms with Gasteiger partial charge in [0.2, 0.25) is 15.9 Å². The lowest BCUT2D eigenvalue weighted by Gasteiger charge is -2.27. The number of amides is 1. The average molecular weight is 448 g/mol. The minimum absolute atomic E-state index is 0.0205. The number of hydrogen-bond acceptors (Lipinski definition) is 5. The number of likely N-dealkylation sites (N-methyl/N-ethyl adjacent to an activating group) is 1. The van der Waals surface area contributed by atoms with E-state index in [1.165, 1.54) is 12.6 Å². The van der Waals surface area contributed by atoms with Gasteiger partial charge in [0.1, 0.15) is 10.5 Å². The third-order valence-electron chi connectivity index (χ3n) is 5.54. The summed E-state index contributed by atoms with van der Waals surface area (Å²) in [6, 6.07) is 7.83. The second kappa shape index (κ2) is 9.23. The molecule has 0 radical (unpaired) electrons. The molecule has 3 rings (SSSR count). The topological polar surface area (TPSA) is 109 Å². The number of benzene rings is 1. The summed E-state index contributed by atoms with van der Waals surface area (Å²) in [4.78, 5) is 27.8. The fourth-order valence-corrected chi connectivity index (χ4v) is 5.65. The number of carbonyl (C=O) groups is 2. The van der Waals surface area contributed by atoms with Gasteiger partial charge >= 0.3 is 5.97 Å². The molecule has 1 aromatic heterocycles. The molecule has 1 amide bonds. The maximum atomic E-state index is 13.2. The number of carbonyl (C=O) groups excluding carboxylic acids is 2. The van der Waals surface area contributed by atoms with Crippen molar-refractivity contribution in [1.29, 1.82) is 0 Å². The predicted molar refractivity (Wildman–Crippen MR) is 116 cm³/mol. The van der Waals surface area contributed by atoms with Crippen LogP contribution in [0.3, 0.4) is 0 Å². The van der Waals surface area contributed by atoms with Crippen LogP contribution in [0.5, 0.6) is 0 Å². The number of esters is 1. The van der Waals surface area contributed by atoms with Gasteiger partial charge in [-0.2, -0.15) is 4.31 Å². The van der Waals surface area contributed by atoms with Crippen LogP contribution < -0.4 is 5.32 Å². The van der Waals surface area contributed by atoms with E-state index in [0.717, 1.165) is 29.1 Å². The van der Waals surface area contributed by atoms with Crippen LogP contribution in [-0.2, 0) is 26.0 Å². The Labute approximate surface area is 183 Å². The fourth-order valence-electron chi connectivity index (χ4n) is 4.12. The normalized spacial score (nSPS) is 16.1. The summed E-state index contributed by atoms with van der Waals surface area (Å²) in [5.74, 6) is -1.10. The number of aryl methyl sites for hydroxylation is 3. The highest BCUT2D eigenvalue weighted by atomic mass is 32.2. The molecule has 2 N–H and O–H groups in total. The van der Waals surface area contributed by atoms with Gasteiger partial charge in [-0.15, -0.1) is 0 Å². The molecule has 2 aromatic rings. The first-order chi connectivity index (χ1) is 14.7. The summed E-state index contributed by atoms with van der Waals surface area (Å²) in [5.41, 5.74) is 3.00. The number of sulfonamides is 1. The number of aromatic amines is 1. The molecule has 1 atom stereocenters. The quantitative estimate of drug-likeness (QED) is 0.634. The Morgan fingerprint density at radius 1 is 1.23 bits per heavy atom. The second-order valence-electron chi connectivity index (χ2n) is 7.77. The van der Waals surface area contributed by atoms with Crippen LogP contribution in [0.4, 0.5) is 0 Å². The maximum absolute atomic E-state index is 13.2. The first-order valence-corrected chi connectivity index (χ1v) is 11.8. The molecule has 0 unspecified atom stereocenters. The zero-order valence-electron chi connectivity index (χ0n) is 18.3. The molecular weight excluding hydrogens is 418 g/mol. The standard InChI is InChI=1S/C22H29N3O5S/c1-5-30-22(27)20-14(2)23-15(3)21(20)31(28,29)25(4)13-19(26)24-18-12-8-10-16-9-6-7-11-17(16)18/h6-7,9,11,18,23H,5,8,10,12-13H2,1-4H3,(H,24,26)/t18-/m1/s1. The van der Waals surface area contributed by atoms with Crippen molar-refractivity contribution >= 4 is 21.9 Å². The number of ether oxygens (including phenoxy) is 1. The lowest BCUT2D eigenvalue weighted by molar-refractivity contribution is -0.122. The molecule has 31 heavy (non-hydrogen) atoms. The summed E-state index contributed by atoms with van der Waals surface area (Å²) >= 11 is 0. The summed E-state index contributed by atoms with van der Waals surface area (Å²) in [5, 5.41) is 2.96. The van der Waals surface area contributed by atoms with Gasteiger partial charge in [-0.1, -0.05) is 24.3 Å². The average Bonchev–Trinajstić information content (AvgIpc) is 3.03. The molecule has 1 aliphatic carbocycles. The highest BCUT2D eigenvalue weighted by Crippen LogP contribution is 2.30. The van der Waals surface area contributed by atoms with Gasteiger partial charge < -0.3 is 15.0 Å². The highest BCUT2D eigenvalue weighted by Gasteiger charge is 2.34.